The molecule has 0 saturated carbocycles. The second-order valence-electron chi connectivity index (χ2n) is 7.27. The van der Waals surface area contributed by atoms with Crippen LogP contribution in [0.4, 0.5) is 0 Å². The quantitative estimate of drug-likeness (QED) is 0.524. The molecule has 0 saturated heterocycles. The Hall–Kier alpha value is -2.82. The molecule has 4 nitrogen and oxygen atoms in total. The van der Waals surface area contributed by atoms with Gasteiger partial charge in [-0.15, -0.1) is 0 Å². The van der Waals surface area contributed by atoms with Crippen LogP contribution in [0.2, 0.25) is 10.0 Å². The summed E-state index contributed by atoms with van der Waals surface area (Å²) in [5.74, 6) is -0.362. The summed E-state index contributed by atoms with van der Waals surface area (Å²) in [5, 5.41) is 3.90. The topological polar surface area (TPSA) is 49.4 Å². The van der Waals surface area contributed by atoms with Gasteiger partial charge in [0.05, 0.1) is 6.42 Å². The number of amides is 2. The third-order valence-electron chi connectivity index (χ3n) is 5.03. The molecule has 0 spiro atoms. The molecule has 0 aliphatic heterocycles. The largest absolute Gasteiger partial charge is 0.357 e. The molecule has 0 aliphatic rings. The highest BCUT2D eigenvalue weighted by Gasteiger charge is 2.29. The first-order valence-corrected chi connectivity index (χ1v) is 10.8. The maximum absolute atomic E-state index is 13.4. The lowest BCUT2D eigenvalue weighted by Gasteiger charge is -2.31. The summed E-state index contributed by atoms with van der Waals surface area (Å²) in [7, 11) is 1.59. The molecule has 2 amide bonds. The van der Waals surface area contributed by atoms with Crippen LogP contribution >= 0.6 is 23.2 Å². The Morgan fingerprint density at radius 1 is 0.839 bits per heavy atom. The minimum atomic E-state index is -0.658. The molecule has 0 fully saturated rings. The molecule has 3 rings (SSSR count). The Labute approximate surface area is 192 Å². The molecule has 3 aromatic rings. The van der Waals surface area contributed by atoms with Crippen LogP contribution in [0.5, 0.6) is 0 Å². The fourth-order valence-electron chi connectivity index (χ4n) is 3.43. The molecule has 0 aliphatic carbocycles. The van der Waals surface area contributed by atoms with E-state index in [2.05, 4.69) is 5.32 Å². The van der Waals surface area contributed by atoms with E-state index in [1.165, 1.54) is 0 Å². The monoisotopic (exact) mass is 454 g/mol. The number of hydrogen-bond acceptors (Lipinski definition) is 2. The molecule has 0 unspecified atom stereocenters. The van der Waals surface area contributed by atoms with Gasteiger partial charge in [0.1, 0.15) is 6.04 Å². The zero-order valence-electron chi connectivity index (χ0n) is 17.2. The number of benzene rings is 3. The van der Waals surface area contributed by atoms with Gasteiger partial charge in [0.25, 0.3) is 0 Å². The first-order chi connectivity index (χ1) is 15.0. The van der Waals surface area contributed by atoms with Gasteiger partial charge in [0.15, 0.2) is 0 Å². The van der Waals surface area contributed by atoms with Crippen molar-refractivity contribution >= 4 is 35.0 Å². The number of rotatable bonds is 8. The van der Waals surface area contributed by atoms with Gasteiger partial charge in [-0.25, -0.2) is 0 Å². The van der Waals surface area contributed by atoms with Gasteiger partial charge >= 0.3 is 0 Å². The van der Waals surface area contributed by atoms with E-state index in [0.29, 0.717) is 23.0 Å². The SMILES string of the molecule is CNC(=O)[C@H](Cc1ccccc1)N(Cc1ccc(Cl)cc1)C(=O)Cc1cccc(Cl)c1. The van der Waals surface area contributed by atoms with E-state index in [9.17, 15) is 9.59 Å². The van der Waals surface area contributed by atoms with Gasteiger partial charge in [-0.3, -0.25) is 9.59 Å². The van der Waals surface area contributed by atoms with Crippen molar-refractivity contribution < 1.29 is 9.59 Å². The predicted molar refractivity (Wildman–Crippen MR) is 125 cm³/mol. The van der Waals surface area contributed by atoms with Crippen LogP contribution in [0.15, 0.2) is 78.9 Å². The molecule has 6 heteroatoms. The highest BCUT2D eigenvalue weighted by atomic mass is 35.5. The number of carbonyl (C=O) groups is 2. The second-order valence-corrected chi connectivity index (χ2v) is 8.15. The van der Waals surface area contributed by atoms with E-state index in [-0.39, 0.29) is 18.2 Å². The summed E-state index contributed by atoms with van der Waals surface area (Å²) in [6.07, 6.45) is 0.561. The van der Waals surface area contributed by atoms with E-state index in [1.54, 1.807) is 36.2 Å². The number of likely N-dealkylation sites (N-methyl/N-ethyl adjacent to an activating group) is 1. The molecule has 0 radical (unpaired) electrons. The Kier molecular flexibility index (Phi) is 8.10. The van der Waals surface area contributed by atoms with Crippen LogP contribution in [0.1, 0.15) is 16.7 Å². The highest BCUT2D eigenvalue weighted by Crippen LogP contribution is 2.19. The number of halogens is 2. The lowest BCUT2D eigenvalue weighted by atomic mass is 10.0. The van der Waals surface area contributed by atoms with E-state index in [4.69, 9.17) is 23.2 Å². The van der Waals surface area contributed by atoms with Crippen molar-refractivity contribution in [3.63, 3.8) is 0 Å². The lowest BCUT2D eigenvalue weighted by Crippen LogP contribution is -2.50. The first-order valence-electron chi connectivity index (χ1n) is 10.00. The number of nitrogens with one attached hydrogen (secondary N) is 1. The summed E-state index contributed by atoms with van der Waals surface area (Å²) in [4.78, 5) is 27.9. The van der Waals surface area contributed by atoms with Crippen molar-refractivity contribution in [2.75, 3.05) is 7.05 Å². The fraction of sp³-hybridized carbons (Fsp3) is 0.200. The van der Waals surface area contributed by atoms with Gasteiger partial charge in [-0.1, -0.05) is 77.8 Å². The Morgan fingerprint density at radius 3 is 2.16 bits per heavy atom. The van der Waals surface area contributed by atoms with Crippen molar-refractivity contribution in [3.8, 4) is 0 Å². The number of nitrogens with zero attached hydrogens (tertiary/aromatic N) is 1. The first kappa shape index (κ1) is 22.9. The molecule has 0 bridgehead atoms. The normalized spacial score (nSPS) is 11.6. The number of hydrogen-bond donors (Lipinski definition) is 1. The summed E-state index contributed by atoms with van der Waals surface area (Å²) >= 11 is 12.1. The standard InChI is InChI=1S/C25H24Cl2N2O2/c1-28-25(31)23(15-18-6-3-2-4-7-18)29(17-19-10-12-21(26)13-11-19)24(30)16-20-8-5-9-22(27)14-20/h2-14,23H,15-17H2,1H3,(H,28,31)/t23-/m0/s1. The van der Waals surface area contributed by atoms with Crippen molar-refractivity contribution in [2.45, 2.75) is 25.4 Å². The summed E-state index contributed by atoms with van der Waals surface area (Å²) < 4.78 is 0. The molecule has 160 valence electrons. The van der Waals surface area contributed by atoms with E-state index < -0.39 is 6.04 Å². The average Bonchev–Trinajstić information content (AvgIpc) is 2.77. The van der Waals surface area contributed by atoms with Crippen molar-refractivity contribution in [1.29, 1.82) is 0 Å². The summed E-state index contributed by atoms with van der Waals surface area (Å²) in [6, 6.07) is 23.5. The molecule has 1 atom stereocenters. The number of carbonyl (C=O) groups excluding carboxylic acids is 2. The highest BCUT2D eigenvalue weighted by molar-refractivity contribution is 6.30. The van der Waals surface area contributed by atoms with Crippen LogP contribution < -0.4 is 5.32 Å². The van der Waals surface area contributed by atoms with Gasteiger partial charge in [-0.2, -0.15) is 0 Å². The minimum absolute atomic E-state index is 0.149. The minimum Gasteiger partial charge on any atom is -0.357 e. The van der Waals surface area contributed by atoms with Crippen molar-refractivity contribution in [3.05, 3.63) is 106 Å². The molecule has 1 N–H and O–H groups in total. The van der Waals surface area contributed by atoms with E-state index in [0.717, 1.165) is 16.7 Å². The van der Waals surface area contributed by atoms with Gasteiger partial charge in [0, 0.05) is 30.1 Å². The molecule has 31 heavy (non-hydrogen) atoms. The van der Waals surface area contributed by atoms with Crippen LogP contribution in [0.25, 0.3) is 0 Å². The fourth-order valence-corrected chi connectivity index (χ4v) is 3.77. The molecule has 0 heterocycles. The van der Waals surface area contributed by atoms with Crippen LogP contribution in [0.3, 0.4) is 0 Å². The molecule has 0 aromatic heterocycles. The summed E-state index contributed by atoms with van der Waals surface area (Å²) in [6.45, 7) is 0.293. The maximum atomic E-state index is 13.4. The van der Waals surface area contributed by atoms with Crippen LogP contribution in [-0.2, 0) is 29.0 Å². The second kappa shape index (κ2) is 11.0. The maximum Gasteiger partial charge on any atom is 0.242 e. The van der Waals surface area contributed by atoms with Crippen LogP contribution in [-0.4, -0.2) is 29.8 Å². The van der Waals surface area contributed by atoms with E-state index >= 15 is 0 Å². The van der Waals surface area contributed by atoms with Crippen LogP contribution in [0, 0.1) is 0 Å². The van der Waals surface area contributed by atoms with Gasteiger partial charge in [0.2, 0.25) is 11.8 Å². The van der Waals surface area contributed by atoms with E-state index in [1.807, 2.05) is 54.6 Å². The Bertz CT molecular complexity index is 1020. The zero-order chi connectivity index (χ0) is 22.2. The molecular formula is C25H24Cl2N2O2. The molecule has 3 aromatic carbocycles. The van der Waals surface area contributed by atoms with Gasteiger partial charge < -0.3 is 10.2 Å². The van der Waals surface area contributed by atoms with Gasteiger partial charge in [-0.05, 0) is 41.0 Å². The van der Waals surface area contributed by atoms with Crippen molar-refractivity contribution in [1.82, 2.24) is 10.2 Å². The Morgan fingerprint density at radius 2 is 1.52 bits per heavy atom. The average molecular weight is 455 g/mol. The summed E-state index contributed by atoms with van der Waals surface area (Å²) in [5.41, 5.74) is 2.67. The lowest BCUT2D eigenvalue weighted by molar-refractivity contribution is -0.140. The Balaban J connectivity index is 1.93. The third-order valence-corrected chi connectivity index (χ3v) is 5.52. The smallest absolute Gasteiger partial charge is 0.242 e. The molecular weight excluding hydrogens is 431 g/mol. The van der Waals surface area contributed by atoms with Crippen molar-refractivity contribution in [2.24, 2.45) is 0 Å². The third kappa shape index (κ3) is 6.58. The zero-order valence-corrected chi connectivity index (χ0v) is 18.7. The predicted octanol–water partition coefficient (Wildman–Crippen LogP) is 4.92.